The standard InChI is InChI=1S/C9H11N3O2S2/c1-9(8(13)14)4-16-7(12-9)5-3-15-6(2-10)11-5/h3H,2,4,10H2,1H3,(H,13,14). The van der Waals surface area contributed by atoms with Crippen molar-refractivity contribution in [3.8, 4) is 0 Å². The van der Waals surface area contributed by atoms with Crippen LogP contribution in [0, 0.1) is 0 Å². The van der Waals surface area contributed by atoms with Crippen molar-refractivity contribution in [1.29, 1.82) is 0 Å². The number of aromatic nitrogens is 1. The van der Waals surface area contributed by atoms with Crippen LogP contribution in [0.25, 0.3) is 0 Å². The van der Waals surface area contributed by atoms with Gasteiger partial charge in [-0.25, -0.2) is 9.78 Å². The first kappa shape index (κ1) is 11.6. The highest BCUT2D eigenvalue weighted by Gasteiger charge is 2.38. The Labute approximate surface area is 101 Å². The Morgan fingerprint density at radius 2 is 2.50 bits per heavy atom. The molecule has 2 rings (SSSR count). The molecule has 0 radical (unpaired) electrons. The molecule has 1 aromatic rings. The summed E-state index contributed by atoms with van der Waals surface area (Å²) in [4.78, 5) is 19.5. The van der Waals surface area contributed by atoms with Crippen LogP contribution in [0.15, 0.2) is 10.4 Å². The zero-order valence-corrected chi connectivity index (χ0v) is 10.3. The highest BCUT2D eigenvalue weighted by atomic mass is 32.2. The molecule has 1 aliphatic rings. The Morgan fingerprint density at radius 1 is 1.75 bits per heavy atom. The molecule has 1 unspecified atom stereocenters. The monoisotopic (exact) mass is 257 g/mol. The average molecular weight is 257 g/mol. The minimum atomic E-state index is -1.02. The molecular formula is C9H11N3O2S2. The molecular weight excluding hydrogens is 246 g/mol. The topological polar surface area (TPSA) is 88.6 Å². The molecule has 0 aromatic carbocycles. The number of carboxylic acid groups (broad SMARTS) is 1. The van der Waals surface area contributed by atoms with Crippen LogP contribution >= 0.6 is 23.1 Å². The van der Waals surface area contributed by atoms with Crippen LogP contribution in [-0.4, -0.2) is 32.4 Å². The Hall–Kier alpha value is -0.920. The van der Waals surface area contributed by atoms with E-state index in [-0.39, 0.29) is 0 Å². The number of carboxylic acids is 1. The fraction of sp³-hybridized carbons (Fsp3) is 0.444. The van der Waals surface area contributed by atoms with E-state index in [9.17, 15) is 4.79 Å². The van der Waals surface area contributed by atoms with Crippen LogP contribution in [-0.2, 0) is 11.3 Å². The summed E-state index contributed by atoms with van der Waals surface area (Å²) in [6, 6.07) is 0. The van der Waals surface area contributed by atoms with Gasteiger partial charge in [0.2, 0.25) is 0 Å². The van der Waals surface area contributed by atoms with Crippen LogP contribution in [0.1, 0.15) is 17.6 Å². The number of nitrogens with two attached hydrogens (primary N) is 1. The van der Waals surface area contributed by atoms with Crippen molar-refractivity contribution in [3.05, 3.63) is 16.1 Å². The molecule has 1 aromatic heterocycles. The van der Waals surface area contributed by atoms with Crippen molar-refractivity contribution in [2.24, 2.45) is 10.7 Å². The number of hydrogen-bond donors (Lipinski definition) is 2. The zero-order chi connectivity index (χ0) is 11.8. The predicted octanol–water partition coefficient (Wildman–Crippen LogP) is 0.939. The molecule has 0 fully saturated rings. The number of aliphatic imine (C=N–C) groups is 1. The van der Waals surface area contributed by atoms with E-state index in [1.54, 1.807) is 6.92 Å². The molecule has 86 valence electrons. The highest BCUT2D eigenvalue weighted by Crippen LogP contribution is 2.31. The fourth-order valence-corrected chi connectivity index (χ4v) is 3.10. The molecule has 0 aliphatic carbocycles. The SMILES string of the molecule is CC1(C(=O)O)CSC(c2csc(CN)n2)=N1. The van der Waals surface area contributed by atoms with Crippen molar-refractivity contribution in [2.45, 2.75) is 19.0 Å². The number of nitrogens with zero attached hydrogens (tertiary/aromatic N) is 2. The van der Waals surface area contributed by atoms with Crippen LogP contribution < -0.4 is 5.73 Å². The molecule has 0 saturated heterocycles. The maximum absolute atomic E-state index is 11.0. The predicted molar refractivity (Wildman–Crippen MR) is 65.0 cm³/mol. The van der Waals surface area contributed by atoms with Crippen molar-refractivity contribution in [1.82, 2.24) is 4.98 Å². The first-order chi connectivity index (χ1) is 7.55. The first-order valence-electron chi connectivity index (χ1n) is 4.66. The van der Waals surface area contributed by atoms with Gasteiger partial charge >= 0.3 is 5.97 Å². The first-order valence-corrected chi connectivity index (χ1v) is 6.52. The van der Waals surface area contributed by atoms with Crippen LogP contribution in [0.2, 0.25) is 0 Å². The maximum atomic E-state index is 11.0. The second-order valence-corrected chi connectivity index (χ2v) is 5.52. The van der Waals surface area contributed by atoms with E-state index in [0.29, 0.717) is 17.3 Å². The minimum absolute atomic E-state index is 0.402. The van der Waals surface area contributed by atoms with E-state index in [1.165, 1.54) is 23.1 Å². The lowest BCUT2D eigenvalue weighted by molar-refractivity contribution is -0.141. The van der Waals surface area contributed by atoms with Gasteiger partial charge in [0, 0.05) is 17.7 Å². The third-order valence-electron chi connectivity index (χ3n) is 2.24. The largest absolute Gasteiger partial charge is 0.479 e. The molecule has 0 spiro atoms. The number of hydrogen-bond acceptors (Lipinski definition) is 6. The summed E-state index contributed by atoms with van der Waals surface area (Å²) in [5.74, 6) is -0.447. The van der Waals surface area contributed by atoms with E-state index in [1.807, 2.05) is 5.38 Å². The molecule has 1 aliphatic heterocycles. The summed E-state index contributed by atoms with van der Waals surface area (Å²) < 4.78 is 0. The molecule has 0 saturated carbocycles. The summed E-state index contributed by atoms with van der Waals surface area (Å²) >= 11 is 2.89. The van der Waals surface area contributed by atoms with Gasteiger partial charge in [0.05, 0.1) is 0 Å². The molecule has 5 nitrogen and oxygen atoms in total. The lowest BCUT2D eigenvalue weighted by atomic mass is 10.1. The molecule has 2 heterocycles. The Morgan fingerprint density at radius 3 is 3.00 bits per heavy atom. The molecule has 3 N–H and O–H groups in total. The third kappa shape index (κ3) is 1.98. The quantitative estimate of drug-likeness (QED) is 0.841. The molecule has 1 atom stereocenters. The van der Waals surface area contributed by atoms with Crippen molar-refractivity contribution in [3.63, 3.8) is 0 Å². The highest BCUT2D eigenvalue weighted by molar-refractivity contribution is 8.14. The number of thiazole rings is 1. The summed E-state index contributed by atoms with van der Waals surface area (Å²) in [5, 5.41) is 12.4. The Kier molecular flexibility index (Phi) is 3.00. The van der Waals surface area contributed by atoms with Crippen molar-refractivity contribution < 1.29 is 9.90 Å². The zero-order valence-electron chi connectivity index (χ0n) is 8.64. The Bertz CT molecular complexity index is 457. The number of aliphatic carboxylic acids is 1. The van der Waals surface area contributed by atoms with Gasteiger partial charge in [-0.05, 0) is 6.92 Å². The van der Waals surface area contributed by atoms with E-state index >= 15 is 0 Å². The van der Waals surface area contributed by atoms with Gasteiger partial charge in [-0.15, -0.1) is 23.1 Å². The van der Waals surface area contributed by atoms with E-state index < -0.39 is 11.5 Å². The smallest absolute Gasteiger partial charge is 0.332 e. The average Bonchev–Trinajstić information content (AvgIpc) is 2.84. The summed E-state index contributed by atoms with van der Waals surface area (Å²) in [5.41, 5.74) is 5.19. The normalized spacial score (nSPS) is 24.5. The summed E-state index contributed by atoms with van der Waals surface area (Å²) in [6.45, 7) is 2.02. The lowest BCUT2D eigenvalue weighted by Gasteiger charge is -2.11. The second kappa shape index (κ2) is 4.15. The van der Waals surface area contributed by atoms with Gasteiger partial charge in [0.15, 0.2) is 5.54 Å². The molecule has 0 bridgehead atoms. The fourth-order valence-electron chi connectivity index (χ4n) is 1.24. The van der Waals surface area contributed by atoms with Crippen molar-refractivity contribution in [2.75, 3.05) is 5.75 Å². The van der Waals surface area contributed by atoms with Gasteiger partial charge in [-0.3, -0.25) is 4.99 Å². The van der Waals surface area contributed by atoms with Gasteiger partial charge in [-0.2, -0.15) is 0 Å². The van der Waals surface area contributed by atoms with Gasteiger partial charge in [-0.1, -0.05) is 0 Å². The van der Waals surface area contributed by atoms with Gasteiger partial charge < -0.3 is 10.8 Å². The summed E-state index contributed by atoms with van der Waals surface area (Å²) in [6.07, 6.45) is 0. The maximum Gasteiger partial charge on any atom is 0.332 e. The van der Waals surface area contributed by atoms with Gasteiger partial charge in [0.25, 0.3) is 0 Å². The van der Waals surface area contributed by atoms with Crippen LogP contribution in [0.4, 0.5) is 0 Å². The Balaban J connectivity index is 2.27. The number of rotatable bonds is 3. The molecule has 16 heavy (non-hydrogen) atoms. The molecule has 7 heteroatoms. The van der Waals surface area contributed by atoms with E-state index in [0.717, 1.165) is 10.7 Å². The van der Waals surface area contributed by atoms with E-state index in [4.69, 9.17) is 10.8 Å². The minimum Gasteiger partial charge on any atom is -0.479 e. The third-order valence-corrected chi connectivity index (χ3v) is 4.40. The van der Waals surface area contributed by atoms with E-state index in [2.05, 4.69) is 9.98 Å². The molecule has 0 amide bonds. The summed E-state index contributed by atoms with van der Waals surface area (Å²) in [7, 11) is 0. The lowest BCUT2D eigenvalue weighted by Crippen LogP contribution is -2.33. The second-order valence-electron chi connectivity index (χ2n) is 3.62. The number of carbonyl (C=O) groups is 1. The van der Waals surface area contributed by atoms with Crippen molar-refractivity contribution >= 4 is 34.1 Å². The number of thioether (sulfide) groups is 1. The van der Waals surface area contributed by atoms with Gasteiger partial charge in [0.1, 0.15) is 15.7 Å². The van der Waals surface area contributed by atoms with Crippen LogP contribution in [0.5, 0.6) is 0 Å². The van der Waals surface area contributed by atoms with Crippen LogP contribution in [0.3, 0.4) is 0 Å².